The highest BCUT2D eigenvalue weighted by molar-refractivity contribution is 5.71. The Morgan fingerprint density at radius 3 is 2.39 bits per heavy atom. The number of nitrogens with zero attached hydrogens (tertiary/aromatic N) is 1. The van der Waals surface area contributed by atoms with Gasteiger partial charge in [0.2, 0.25) is 0 Å². The van der Waals surface area contributed by atoms with Gasteiger partial charge in [-0.05, 0) is 34.1 Å². The van der Waals surface area contributed by atoms with Crippen molar-refractivity contribution in [2.75, 3.05) is 13.2 Å². The van der Waals surface area contributed by atoms with Crippen LogP contribution in [-0.4, -0.2) is 47.9 Å². The number of hydrogen-bond acceptors (Lipinski definition) is 5. The van der Waals surface area contributed by atoms with E-state index >= 15 is 0 Å². The number of esters is 1. The molecule has 1 saturated heterocycles. The first-order chi connectivity index (χ1) is 13.1. The Kier molecular flexibility index (Phi) is 7.21. The van der Waals surface area contributed by atoms with Crippen LogP contribution in [0, 0.1) is 11.6 Å². The lowest BCUT2D eigenvalue weighted by molar-refractivity contribution is -0.143. The average Bonchev–Trinajstić information content (AvgIpc) is 2.93. The number of halogens is 2. The summed E-state index contributed by atoms with van der Waals surface area (Å²) in [6.07, 6.45) is -0.0375. The van der Waals surface area contributed by atoms with Gasteiger partial charge in [0.05, 0.1) is 13.2 Å². The van der Waals surface area contributed by atoms with Gasteiger partial charge in [-0.1, -0.05) is 0 Å². The summed E-state index contributed by atoms with van der Waals surface area (Å²) in [7, 11) is 0. The molecule has 1 aromatic carbocycles. The van der Waals surface area contributed by atoms with E-state index in [1.807, 2.05) is 0 Å². The van der Waals surface area contributed by atoms with Crippen LogP contribution in [0.2, 0.25) is 0 Å². The fraction of sp³-hybridized carbons (Fsp3) is 0.600. The summed E-state index contributed by atoms with van der Waals surface area (Å²) in [5, 5.41) is 0. The molecule has 0 radical (unpaired) electrons. The predicted octanol–water partition coefficient (Wildman–Crippen LogP) is 4.06. The summed E-state index contributed by atoms with van der Waals surface area (Å²) in [6, 6.07) is 2.64. The molecule has 0 N–H and O–H groups in total. The van der Waals surface area contributed by atoms with Crippen molar-refractivity contribution < 1.29 is 32.6 Å². The molecular weight excluding hydrogens is 372 g/mol. The minimum absolute atomic E-state index is 0.0534. The third kappa shape index (κ3) is 6.65. The van der Waals surface area contributed by atoms with Gasteiger partial charge in [-0.25, -0.2) is 13.6 Å². The zero-order valence-electron chi connectivity index (χ0n) is 16.7. The SMILES string of the molecule is CCOC(=O)CC[C@@H]1C[C@H](Oc2cc(F)cc(F)c2)CN1C(=O)OC(C)(C)C. The molecule has 1 aromatic rings. The van der Waals surface area contributed by atoms with E-state index in [1.54, 1.807) is 27.7 Å². The molecule has 28 heavy (non-hydrogen) atoms. The first-order valence-electron chi connectivity index (χ1n) is 9.35. The van der Waals surface area contributed by atoms with Gasteiger partial charge in [-0.15, -0.1) is 0 Å². The minimum Gasteiger partial charge on any atom is -0.488 e. The van der Waals surface area contributed by atoms with E-state index in [4.69, 9.17) is 14.2 Å². The number of hydrogen-bond donors (Lipinski definition) is 0. The number of likely N-dealkylation sites (tertiary alicyclic amines) is 1. The Morgan fingerprint density at radius 2 is 1.82 bits per heavy atom. The zero-order chi connectivity index (χ0) is 20.9. The van der Waals surface area contributed by atoms with Crippen LogP contribution in [0.4, 0.5) is 13.6 Å². The summed E-state index contributed by atoms with van der Waals surface area (Å²) >= 11 is 0. The summed E-state index contributed by atoms with van der Waals surface area (Å²) in [4.78, 5) is 25.7. The Bertz CT molecular complexity index is 684. The van der Waals surface area contributed by atoms with Crippen molar-refractivity contribution in [2.24, 2.45) is 0 Å². The third-order valence-corrected chi connectivity index (χ3v) is 4.13. The lowest BCUT2D eigenvalue weighted by atomic mass is 10.1. The van der Waals surface area contributed by atoms with Gasteiger partial charge < -0.3 is 19.1 Å². The Labute approximate surface area is 163 Å². The van der Waals surface area contributed by atoms with Crippen molar-refractivity contribution in [3.63, 3.8) is 0 Å². The van der Waals surface area contributed by atoms with Crippen LogP contribution in [-0.2, 0) is 14.3 Å². The summed E-state index contributed by atoms with van der Waals surface area (Å²) in [5.74, 6) is -1.77. The number of carbonyl (C=O) groups is 2. The third-order valence-electron chi connectivity index (χ3n) is 4.13. The van der Waals surface area contributed by atoms with Gasteiger partial charge in [0.15, 0.2) is 0 Å². The van der Waals surface area contributed by atoms with Crippen LogP contribution in [0.1, 0.15) is 47.0 Å². The average molecular weight is 399 g/mol. The molecule has 0 aliphatic carbocycles. The van der Waals surface area contributed by atoms with Crippen molar-refractivity contribution in [3.8, 4) is 5.75 Å². The van der Waals surface area contributed by atoms with Crippen molar-refractivity contribution in [1.82, 2.24) is 4.90 Å². The van der Waals surface area contributed by atoms with Gasteiger partial charge in [-0.2, -0.15) is 0 Å². The maximum atomic E-state index is 13.4. The molecule has 1 aliphatic heterocycles. The smallest absolute Gasteiger partial charge is 0.410 e. The Hall–Kier alpha value is -2.38. The van der Waals surface area contributed by atoms with Crippen molar-refractivity contribution in [1.29, 1.82) is 0 Å². The Balaban J connectivity index is 2.08. The molecule has 2 rings (SSSR count). The van der Waals surface area contributed by atoms with Crippen molar-refractivity contribution in [2.45, 2.75) is 64.7 Å². The van der Waals surface area contributed by atoms with Crippen molar-refractivity contribution >= 4 is 12.1 Å². The Morgan fingerprint density at radius 1 is 1.18 bits per heavy atom. The molecule has 2 atom stereocenters. The maximum Gasteiger partial charge on any atom is 0.410 e. The molecule has 0 saturated carbocycles. The second-order valence-electron chi connectivity index (χ2n) is 7.71. The monoisotopic (exact) mass is 399 g/mol. The lowest BCUT2D eigenvalue weighted by Gasteiger charge is -2.28. The first-order valence-corrected chi connectivity index (χ1v) is 9.35. The highest BCUT2D eigenvalue weighted by Gasteiger charge is 2.38. The second kappa shape index (κ2) is 9.21. The van der Waals surface area contributed by atoms with E-state index in [1.165, 1.54) is 4.90 Å². The molecule has 1 amide bonds. The molecule has 1 fully saturated rings. The second-order valence-corrected chi connectivity index (χ2v) is 7.71. The molecule has 0 aromatic heterocycles. The highest BCUT2D eigenvalue weighted by Crippen LogP contribution is 2.28. The number of ether oxygens (including phenoxy) is 3. The van der Waals surface area contributed by atoms with Crippen LogP contribution < -0.4 is 4.74 Å². The van der Waals surface area contributed by atoms with E-state index in [0.29, 0.717) is 12.8 Å². The minimum atomic E-state index is -0.740. The van der Waals surface area contributed by atoms with Crippen LogP contribution in [0.25, 0.3) is 0 Å². The van der Waals surface area contributed by atoms with E-state index in [0.717, 1.165) is 18.2 Å². The van der Waals surface area contributed by atoms with Gasteiger partial charge in [0, 0.05) is 37.1 Å². The predicted molar refractivity (Wildman–Crippen MR) is 98.0 cm³/mol. The van der Waals surface area contributed by atoms with E-state index < -0.39 is 29.4 Å². The summed E-state index contributed by atoms with van der Waals surface area (Å²) < 4.78 is 42.9. The molecule has 0 spiro atoms. The number of rotatable bonds is 6. The fourth-order valence-electron chi connectivity index (χ4n) is 3.08. The zero-order valence-corrected chi connectivity index (χ0v) is 16.7. The molecule has 0 unspecified atom stereocenters. The first kappa shape index (κ1) is 21.9. The normalized spacial score (nSPS) is 19.4. The van der Waals surface area contributed by atoms with Gasteiger partial charge >= 0.3 is 12.1 Å². The van der Waals surface area contributed by atoms with E-state index in [-0.39, 0.29) is 37.3 Å². The van der Waals surface area contributed by atoms with E-state index in [2.05, 4.69) is 0 Å². The molecule has 1 heterocycles. The van der Waals surface area contributed by atoms with Crippen molar-refractivity contribution in [3.05, 3.63) is 29.8 Å². The van der Waals surface area contributed by atoms with Gasteiger partial charge in [0.1, 0.15) is 29.1 Å². The van der Waals surface area contributed by atoms with E-state index in [9.17, 15) is 18.4 Å². The topological polar surface area (TPSA) is 65.1 Å². The molecule has 0 bridgehead atoms. The molecule has 156 valence electrons. The number of amides is 1. The molecule has 8 heteroatoms. The van der Waals surface area contributed by atoms with Crippen LogP contribution in [0.3, 0.4) is 0 Å². The van der Waals surface area contributed by atoms with Crippen LogP contribution in [0.15, 0.2) is 18.2 Å². The highest BCUT2D eigenvalue weighted by atomic mass is 19.1. The fourth-order valence-corrected chi connectivity index (χ4v) is 3.08. The van der Waals surface area contributed by atoms with Gasteiger partial charge in [-0.3, -0.25) is 4.79 Å². The maximum absolute atomic E-state index is 13.4. The summed E-state index contributed by atoms with van der Waals surface area (Å²) in [6.45, 7) is 7.49. The van der Waals surface area contributed by atoms with Gasteiger partial charge in [0.25, 0.3) is 0 Å². The summed E-state index contributed by atoms with van der Waals surface area (Å²) in [5.41, 5.74) is -0.673. The lowest BCUT2D eigenvalue weighted by Crippen LogP contribution is -2.40. The molecular formula is C20H27F2NO5. The molecule has 6 nitrogen and oxygen atoms in total. The molecule has 1 aliphatic rings. The number of benzene rings is 1. The van der Waals surface area contributed by atoms with Crippen LogP contribution >= 0.6 is 0 Å². The largest absolute Gasteiger partial charge is 0.488 e. The standard InChI is InChI=1S/C20H27F2NO5/c1-5-26-18(24)7-6-15-11-17(12-23(15)19(25)28-20(2,3)4)27-16-9-13(21)8-14(22)10-16/h8-10,15,17H,5-7,11-12H2,1-4H3/t15-,17+/m1/s1. The number of carbonyl (C=O) groups excluding carboxylic acids is 2. The quantitative estimate of drug-likeness (QED) is 0.675. The van der Waals surface area contributed by atoms with Crippen LogP contribution in [0.5, 0.6) is 5.75 Å².